The summed E-state index contributed by atoms with van der Waals surface area (Å²) < 4.78 is 57.0. The molecule has 2 aromatic heterocycles. The second-order valence-electron chi connectivity index (χ2n) is 11.5. The first-order chi connectivity index (χ1) is 22.1. The van der Waals surface area contributed by atoms with E-state index in [4.69, 9.17) is 14.5 Å². The summed E-state index contributed by atoms with van der Waals surface area (Å²) in [5.74, 6) is -0.335. The molecule has 0 spiro atoms. The molecule has 1 unspecified atom stereocenters. The maximum atomic E-state index is 14.6. The van der Waals surface area contributed by atoms with Crippen molar-refractivity contribution in [1.29, 1.82) is 0 Å². The highest BCUT2D eigenvalue weighted by Crippen LogP contribution is 2.40. The van der Waals surface area contributed by atoms with E-state index in [1.54, 1.807) is 31.2 Å². The predicted octanol–water partition coefficient (Wildman–Crippen LogP) is 6.57. The monoisotopic (exact) mass is 640 g/mol. The van der Waals surface area contributed by atoms with Crippen LogP contribution >= 0.6 is 0 Å². The minimum absolute atomic E-state index is 0.0423. The number of aromatic nitrogens is 3. The molecule has 2 aliphatic rings. The fourth-order valence-electron chi connectivity index (χ4n) is 6.36. The van der Waals surface area contributed by atoms with Gasteiger partial charge in [-0.15, -0.1) is 0 Å². The third kappa shape index (κ3) is 6.82. The van der Waals surface area contributed by atoms with Gasteiger partial charge in [0.25, 0.3) is 0 Å². The van der Waals surface area contributed by atoms with Gasteiger partial charge < -0.3 is 19.7 Å². The van der Waals surface area contributed by atoms with Gasteiger partial charge in [-0.3, -0.25) is 4.90 Å². The van der Waals surface area contributed by atoms with E-state index in [-0.39, 0.29) is 49.3 Å². The summed E-state index contributed by atoms with van der Waals surface area (Å²) in [6.07, 6.45) is 1.66. The lowest BCUT2D eigenvalue weighted by Crippen LogP contribution is -2.40. The molecule has 0 fully saturated rings. The van der Waals surface area contributed by atoms with Crippen LogP contribution in [0.5, 0.6) is 5.88 Å². The molecule has 12 heteroatoms. The minimum atomic E-state index is -4.55. The molecule has 0 saturated heterocycles. The van der Waals surface area contributed by atoms with Gasteiger partial charge in [0.05, 0.1) is 24.1 Å². The van der Waals surface area contributed by atoms with Gasteiger partial charge in [-0.25, -0.2) is 9.78 Å². The number of ether oxygens (including phenoxy) is 2. The molecule has 5 rings (SSSR count). The molecule has 9 nitrogen and oxygen atoms in total. The van der Waals surface area contributed by atoms with Crippen LogP contribution < -0.4 is 4.74 Å². The number of carboxylic acids is 1. The number of carboxylic acid groups (broad SMARTS) is 1. The van der Waals surface area contributed by atoms with Gasteiger partial charge >= 0.3 is 12.1 Å². The van der Waals surface area contributed by atoms with Crippen LogP contribution in [0.3, 0.4) is 0 Å². The first-order valence-electron chi connectivity index (χ1n) is 15.6. The Labute approximate surface area is 266 Å². The number of nitrogens with zero attached hydrogens (tertiary/aromatic N) is 4. The minimum Gasteiger partial charge on any atom is -0.488 e. The van der Waals surface area contributed by atoms with Crippen molar-refractivity contribution in [3.63, 3.8) is 0 Å². The van der Waals surface area contributed by atoms with Crippen molar-refractivity contribution in [2.75, 3.05) is 19.8 Å². The number of aliphatic hydroxyl groups excluding tert-OH is 1. The third-order valence-electron chi connectivity index (χ3n) is 8.59. The number of hydrogen-bond donors (Lipinski definition) is 2. The number of alkyl halides is 3. The first-order valence-corrected chi connectivity index (χ1v) is 15.6. The van der Waals surface area contributed by atoms with Crippen LogP contribution in [0.1, 0.15) is 84.8 Å². The molecule has 2 N–H and O–H groups in total. The fraction of sp³-hybridized carbons (Fsp3) is 0.441. The van der Waals surface area contributed by atoms with Crippen molar-refractivity contribution in [3.05, 3.63) is 87.4 Å². The topological polar surface area (TPSA) is 110 Å². The lowest BCUT2D eigenvalue weighted by molar-refractivity contribution is -0.139. The lowest BCUT2D eigenvalue weighted by Gasteiger charge is -2.36. The summed E-state index contributed by atoms with van der Waals surface area (Å²) >= 11 is 0. The largest absolute Gasteiger partial charge is 0.488 e. The number of halogens is 3. The van der Waals surface area contributed by atoms with E-state index < -0.39 is 17.7 Å². The highest BCUT2D eigenvalue weighted by molar-refractivity contribution is 5.90. The van der Waals surface area contributed by atoms with Crippen LogP contribution in [0.25, 0.3) is 11.4 Å². The second-order valence-corrected chi connectivity index (χ2v) is 11.5. The van der Waals surface area contributed by atoms with Crippen LogP contribution in [0.15, 0.2) is 53.9 Å². The number of aromatic carboxylic acids is 1. The van der Waals surface area contributed by atoms with Crippen molar-refractivity contribution in [3.8, 4) is 11.7 Å². The number of carbonyl (C=O) groups is 1. The average Bonchev–Trinajstić information content (AvgIpc) is 3.46. The van der Waals surface area contributed by atoms with E-state index in [0.29, 0.717) is 66.3 Å². The van der Waals surface area contributed by atoms with Crippen LogP contribution in [-0.2, 0) is 30.5 Å². The van der Waals surface area contributed by atoms with Gasteiger partial charge in [0, 0.05) is 36.9 Å². The first kappa shape index (κ1) is 33.2. The Morgan fingerprint density at radius 1 is 1.13 bits per heavy atom. The molecule has 3 aromatic rings. The molecular weight excluding hydrogens is 601 g/mol. The fourth-order valence-corrected chi connectivity index (χ4v) is 6.36. The molecule has 46 heavy (non-hydrogen) atoms. The molecule has 0 amide bonds. The second kappa shape index (κ2) is 14.1. The van der Waals surface area contributed by atoms with E-state index in [1.165, 1.54) is 16.9 Å². The van der Waals surface area contributed by atoms with Crippen molar-refractivity contribution >= 4 is 11.5 Å². The molecule has 3 heterocycles. The van der Waals surface area contributed by atoms with Crippen molar-refractivity contribution in [2.24, 2.45) is 0 Å². The molecular formula is C34H39F3N4O5. The Hall–Kier alpha value is -4.16. The van der Waals surface area contributed by atoms with E-state index in [2.05, 4.69) is 10.00 Å². The van der Waals surface area contributed by atoms with E-state index in [9.17, 15) is 28.2 Å². The Morgan fingerprint density at radius 2 is 1.93 bits per heavy atom. The molecule has 0 saturated carbocycles. The number of benzene rings is 1. The van der Waals surface area contributed by atoms with Gasteiger partial charge in [-0.2, -0.15) is 23.0 Å². The SMILES string of the molecule is CCOc1c(C(=O)O)cnn1-c1cccc(C2=CCCC(C)=C2OCc2ccc3c(c2C(F)(F)F)CCN(C(CC)CCO)C3)n1. The zero-order chi connectivity index (χ0) is 33.0. The van der Waals surface area contributed by atoms with Gasteiger partial charge in [-0.05, 0) is 74.8 Å². The van der Waals surface area contributed by atoms with Crippen LogP contribution in [0.4, 0.5) is 13.2 Å². The van der Waals surface area contributed by atoms with Crippen molar-refractivity contribution < 1.29 is 37.7 Å². The highest BCUT2D eigenvalue weighted by Gasteiger charge is 2.39. The Bertz CT molecular complexity index is 1650. The van der Waals surface area contributed by atoms with Gasteiger partial charge in [0.2, 0.25) is 5.88 Å². The number of hydrogen-bond acceptors (Lipinski definition) is 7. The summed E-state index contributed by atoms with van der Waals surface area (Å²) in [4.78, 5) is 18.6. The number of allylic oxidation sites excluding steroid dienone is 3. The maximum Gasteiger partial charge on any atom is 0.417 e. The summed E-state index contributed by atoms with van der Waals surface area (Å²) in [6, 6.07) is 8.60. The summed E-state index contributed by atoms with van der Waals surface area (Å²) in [5.41, 5.74) is 2.37. The van der Waals surface area contributed by atoms with Gasteiger partial charge in [0.1, 0.15) is 17.9 Å². The van der Waals surface area contributed by atoms with Crippen LogP contribution in [0.2, 0.25) is 0 Å². The number of pyridine rings is 1. The Morgan fingerprint density at radius 3 is 2.63 bits per heavy atom. The maximum absolute atomic E-state index is 14.6. The molecule has 1 aromatic carbocycles. The molecule has 0 radical (unpaired) electrons. The smallest absolute Gasteiger partial charge is 0.417 e. The van der Waals surface area contributed by atoms with E-state index in [0.717, 1.165) is 12.0 Å². The standard InChI is InChI=1S/C34H39F3N4O5/c1-4-24(15-17-42)40-16-14-25-22(19-40)12-13-23(30(25)34(35,36)37)20-46-31-21(3)8-6-9-26(31)28-10-7-11-29(39-28)41-32(45-5-2)27(18-38-41)33(43)44/h7,9-13,18,24,42H,4-6,8,14-17,19-20H2,1-3H3,(H,43,44). The van der Waals surface area contributed by atoms with E-state index in [1.807, 2.05) is 19.9 Å². The summed E-state index contributed by atoms with van der Waals surface area (Å²) in [5, 5.41) is 23.2. The quantitative estimate of drug-likeness (QED) is 0.229. The molecule has 1 aliphatic heterocycles. The number of rotatable bonds is 12. The number of aliphatic hydroxyl groups is 1. The zero-order valence-electron chi connectivity index (χ0n) is 26.2. The Balaban J connectivity index is 1.43. The zero-order valence-corrected chi connectivity index (χ0v) is 26.2. The molecule has 1 atom stereocenters. The van der Waals surface area contributed by atoms with E-state index >= 15 is 0 Å². The van der Waals surface area contributed by atoms with Crippen LogP contribution in [0, 0.1) is 0 Å². The molecule has 246 valence electrons. The average molecular weight is 641 g/mol. The predicted molar refractivity (Wildman–Crippen MR) is 166 cm³/mol. The Kier molecular flexibility index (Phi) is 10.2. The van der Waals surface area contributed by atoms with Crippen molar-refractivity contribution in [1.82, 2.24) is 19.7 Å². The molecule has 1 aliphatic carbocycles. The van der Waals surface area contributed by atoms with Crippen molar-refractivity contribution in [2.45, 2.75) is 78.2 Å². The lowest BCUT2D eigenvalue weighted by atomic mass is 9.89. The van der Waals surface area contributed by atoms with Crippen LogP contribution in [-0.4, -0.2) is 61.6 Å². The normalized spacial score (nSPS) is 16.2. The summed E-state index contributed by atoms with van der Waals surface area (Å²) in [7, 11) is 0. The van der Waals surface area contributed by atoms with Gasteiger partial charge in [0.15, 0.2) is 5.82 Å². The molecule has 0 bridgehead atoms. The van der Waals surface area contributed by atoms with Gasteiger partial charge in [-0.1, -0.05) is 31.2 Å². The number of fused-ring (bicyclic) bond motifs is 1. The summed E-state index contributed by atoms with van der Waals surface area (Å²) in [6.45, 7) is 6.56. The third-order valence-corrected chi connectivity index (χ3v) is 8.59. The highest BCUT2D eigenvalue weighted by atomic mass is 19.4.